The zero-order valence-electron chi connectivity index (χ0n) is 11.9. The molecule has 0 bridgehead atoms. The van der Waals surface area contributed by atoms with Crippen LogP contribution in [0.5, 0.6) is 0 Å². The first-order valence-electron chi connectivity index (χ1n) is 7.07. The van der Waals surface area contributed by atoms with Gasteiger partial charge in [0.05, 0.1) is 11.8 Å². The second-order valence-electron chi connectivity index (χ2n) is 5.66. The third-order valence-corrected chi connectivity index (χ3v) is 4.29. The van der Waals surface area contributed by atoms with E-state index < -0.39 is 17.7 Å². The standard InChI is InChI=1S/C15H9ClF4N4/c16-12-4-10(14-22-6-13(17)24(14)23-12)8-3-9(8)11-2-1-7(5-21-11)15(18,19)20/h1-2,4-6,8-9H,3H2/t8?,9-/m1/s1. The third kappa shape index (κ3) is 2.50. The quantitative estimate of drug-likeness (QED) is 0.646. The number of halogens is 5. The topological polar surface area (TPSA) is 43.1 Å². The van der Waals surface area contributed by atoms with Gasteiger partial charge < -0.3 is 0 Å². The fourth-order valence-corrected chi connectivity index (χ4v) is 3.06. The van der Waals surface area contributed by atoms with E-state index in [4.69, 9.17) is 11.6 Å². The van der Waals surface area contributed by atoms with Crippen LogP contribution in [0.4, 0.5) is 17.6 Å². The molecule has 1 aliphatic carbocycles. The summed E-state index contributed by atoms with van der Waals surface area (Å²) in [5.41, 5.74) is 0.848. The highest BCUT2D eigenvalue weighted by molar-refractivity contribution is 6.29. The molecule has 4 nitrogen and oxygen atoms in total. The number of hydrogen-bond donors (Lipinski definition) is 0. The van der Waals surface area contributed by atoms with Crippen LogP contribution in [0.15, 0.2) is 30.6 Å². The Morgan fingerprint density at radius 1 is 1.12 bits per heavy atom. The highest BCUT2D eigenvalue weighted by Gasteiger charge is 2.43. The van der Waals surface area contributed by atoms with Gasteiger partial charge in [-0.1, -0.05) is 11.6 Å². The van der Waals surface area contributed by atoms with Crippen LogP contribution >= 0.6 is 11.6 Å². The molecule has 0 N–H and O–H groups in total. The van der Waals surface area contributed by atoms with Crippen molar-refractivity contribution in [2.75, 3.05) is 0 Å². The molecule has 2 atom stereocenters. The van der Waals surface area contributed by atoms with Gasteiger partial charge in [-0.15, -0.1) is 0 Å². The second-order valence-corrected chi connectivity index (χ2v) is 6.04. The lowest BCUT2D eigenvalue weighted by Crippen LogP contribution is -2.05. The molecule has 0 aliphatic heterocycles. The SMILES string of the molecule is Fc1cnc2c(C3C[C@H]3c3ccc(C(F)(F)F)cn3)cc(Cl)nn12. The van der Waals surface area contributed by atoms with Crippen molar-refractivity contribution in [2.45, 2.75) is 24.4 Å². The van der Waals surface area contributed by atoms with Gasteiger partial charge in [0.2, 0.25) is 5.95 Å². The number of fused-ring (bicyclic) bond motifs is 1. The second kappa shape index (κ2) is 5.14. The minimum Gasteiger partial charge on any atom is -0.260 e. The molecule has 1 unspecified atom stereocenters. The highest BCUT2D eigenvalue weighted by Crippen LogP contribution is 2.55. The Kier molecular flexibility index (Phi) is 3.28. The van der Waals surface area contributed by atoms with E-state index in [1.165, 1.54) is 6.07 Å². The summed E-state index contributed by atoms with van der Waals surface area (Å²) < 4.78 is 52.4. The Hall–Kier alpha value is -2.22. The average Bonchev–Trinajstić information content (AvgIpc) is 3.24. The van der Waals surface area contributed by atoms with Crippen LogP contribution in [-0.2, 0) is 6.18 Å². The van der Waals surface area contributed by atoms with E-state index in [0.717, 1.165) is 23.0 Å². The molecule has 0 spiro atoms. The maximum absolute atomic E-state index is 13.6. The first-order chi connectivity index (χ1) is 11.3. The Morgan fingerprint density at radius 2 is 1.92 bits per heavy atom. The lowest BCUT2D eigenvalue weighted by Gasteiger charge is -2.07. The number of hydrogen-bond acceptors (Lipinski definition) is 3. The van der Waals surface area contributed by atoms with Crippen molar-refractivity contribution in [1.82, 2.24) is 19.6 Å². The van der Waals surface area contributed by atoms with Crippen LogP contribution in [0.1, 0.15) is 35.1 Å². The largest absolute Gasteiger partial charge is 0.417 e. The average molecular weight is 357 g/mol. The van der Waals surface area contributed by atoms with Gasteiger partial charge in [0.1, 0.15) is 0 Å². The zero-order valence-corrected chi connectivity index (χ0v) is 12.7. The molecule has 124 valence electrons. The van der Waals surface area contributed by atoms with Gasteiger partial charge in [-0.25, -0.2) is 4.98 Å². The van der Waals surface area contributed by atoms with Gasteiger partial charge in [0.25, 0.3) is 0 Å². The number of nitrogens with zero attached hydrogens (tertiary/aromatic N) is 4. The van der Waals surface area contributed by atoms with E-state index in [-0.39, 0.29) is 17.0 Å². The molecule has 3 aromatic rings. The third-order valence-electron chi connectivity index (χ3n) is 4.11. The maximum atomic E-state index is 13.6. The van der Waals surface area contributed by atoms with Crippen LogP contribution in [0.3, 0.4) is 0 Å². The van der Waals surface area contributed by atoms with Crippen LogP contribution in [0.25, 0.3) is 5.65 Å². The van der Waals surface area contributed by atoms with Gasteiger partial charge in [0, 0.05) is 23.4 Å². The van der Waals surface area contributed by atoms with Crippen molar-refractivity contribution in [1.29, 1.82) is 0 Å². The molecular formula is C15H9ClF4N4. The molecule has 1 saturated carbocycles. The molecule has 1 aliphatic rings. The molecule has 3 heterocycles. The Bertz CT molecular complexity index is 920. The molecule has 0 radical (unpaired) electrons. The predicted octanol–water partition coefficient (Wildman–Crippen LogP) is 4.21. The van der Waals surface area contributed by atoms with E-state index in [2.05, 4.69) is 15.1 Å². The van der Waals surface area contributed by atoms with Crippen molar-refractivity contribution in [3.05, 3.63) is 58.5 Å². The van der Waals surface area contributed by atoms with Crippen molar-refractivity contribution in [3.63, 3.8) is 0 Å². The summed E-state index contributed by atoms with van der Waals surface area (Å²) in [6.45, 7) is 0. The highest BCUT2D eigenvalue weighted by atomic mass is 35.5. The summed E-state index contributed by atoms with van der Waals surface area (Å²) in [4.78, 5) is 7.91. The smallest absolute Gasteiger partial charge is 0.260 e. The molecule has 0 saturated heterocycles. The number of aromatic nitrogens is 4. The number of pyridine rings is 1. The van der Waals surface area contributed by atoms with E-state index in [9.17, 15) is 17.6 Å². The molecule has 3 aromatic heterocycles. The van der Waals surface area contributed by atoms with Crippen LogP contribution in [-0.4, -0.2) is 19.6 Å². The van der Waals surface area contributed by atoms with E-state index in [0.29, 0.717) is 23.3 Å². The Morgan fingerprint density at radius 3 is 2.58 bits per heavy atom. The summed E-state index contributed by atoms with van der Waals surface area (Å²) in [7, 11) is 0. The summed E-state index contributed by atoms with van der Waals surface area (Å²) >= 11 is 5.92. The number of alkyl halides is 3. The molecule has 1 fully saturated rings. The lowest BCUT2D eigenvalue weighted by atomic mass is 10.1. The summed E-state index contributed by atoms with van der Waals surface area (Å²) in [5, 5.41) is 3.97. The van der Waals surface area contributed by atoms with Crippen molar-refractivity contribution in [2.24, 2.45) is 0 Å². The van der Waals surface area contributed by atoms with Gasteiger partial charge in [-0.2, -0.15) is 27.2 Å². The molecule has 0 amide bonds. The van der Waals surface area contributed by atoms with Crippen molar-refractivity contribution in [3.8, 4) is 0 Å². The van der Waals surface area contributed by atoms with Crippen LogP contribution in [0, 0.1) is 5.95 Å². The fraction of sp³-hybridized carbons (Fsp3) is 0.267. The monoisotopic (exact) mass is 356 g/mol. The number of imidazole rings is 1. The summed E-state index contributed by atoms with van der Waals surface area (Å²) in [6.07, 6.45) is -1.85. The number of rotatable bonds is 2. The van der Waals surface area contributed by atoms with E-state index in [1.807, 2.05) is 0 Å². The molecule has 9 heteroatoms. The Balaban J connectivity index is 1.65. The molecular weight excluding hydrogens is 348 g/mol. The predicted molar refractivity (Wildman–Crippen MR) is 77.3 cm³/mol. The Labute approximate surface area is 138 Å². The van der Waals surface area contributed by atoms with Crippen LogP contribution < -0.4 is 0 Å². The van der Waals surface area contributed by atoms with Gasteiger partial charge in [0.15, 0.2) is 10.8 Å². The first-order valence-corrected chi connectivity index (χ1v) is 7.45. The van der Waals surface area contributed by atoms with Gasteiger partial charge >= 0.3 is 6.18 Å². The zero-order chi connectivity index (χ0) is 17.1. The molecule has 24 heavy (non-hydrogen) atoms. The van der Waals surface area contributed by atoms with Gasteiger partial charge in [-0.05, 0) is 30.5 Å². The van der Waals surface area contributed by atoms with E-state index >= 15 is 0 Å². The van der Waals surface area contributed by atoms with Crippen molar-refractivity contribution >= 4 is 17.2 Å². The summed E-state index contributed by atoms with van der Waals surface area (Å²) in [6, 6.07) is 4.00. The lowest BCUT2D eigenvalue weighted by molar-refractivity contribution is -0.137. The van der Waals surface area contributed by atoms with Gasteiger partial charge in [-0.3, -0.25) is 4.98 Å². The minimum absolute atomic E-state index is 0.0287. The van der Waals surface area contributed by atoms with E-state index in [1.54, 1.807) is 6.07 Å². The molecule has 4 rings (SSSR count). The molecule has 0 aromatic carbocycles. The maximum Gasteiger partial charge on any atom is 0.417 e. The van der Waals surface area contributed by atoms with Crippen molar-refractivity contribution < 1.29 is 17.6 Å². The fourth-order valence-electron chi connectivity index (χ4n) is 2.86. The first kappa shape index (κ1) is 15.3. The van der Waals surface area contributed by atoms with Crippen LogP contribution in [0.2, 0.25) is 5.15 Å². The summed E-state index contributed by atoms with van der Waals surface area (Å²) in [5.74, 6) is -0.702. The normalized spacial score (nSPS) is 20.5. The minimum atomic E-state index is -4.41.